The molecule has 2 rings (SSSR count). The number of rotatable bonds is 5. The predicted molar refractivity (Wildman–Crippen MR) is 81.3 cm³/mol. The van der Waals surface area contributed by atoms with E-state index in [1.807, 2.05) is 6.92 Å². The molecule has 1 aromatic rings. The van der Waals surface area contributed by atoms with Crippen molar-refractivity contribution in [2.24, 2.45) is 0 Å². The summed E-state index contributed by atoms with van der Waals surface area (Å²) in [6, 6.07) is 0. The van der Waals surface area contributed by atoms with Gasteiger partial charge in [0.05, 0.1) is 31.9 Å². The average Bonchev–Trinajstić information content (AvgIpc) is 2.79. The maximum atomic E-state index is 12.0. The molecule has 8 heteroatoms. The first kappa shape index (κ1) is 17.1. The van der Waals surface area contributed by atoms with Crippen molar-refractivity contribution in [3.05, 3.63) is 12.4 Å². The molecular formula is C15H23N3O5. The van der Waals surface area contributed by atoms with Crippen LogP contribution in [-0.4, -0.2) is 56.1 Å². The highest BCUT2D eigenvalue weighted by molar-refractivity contribution is 5.72. The molecule has 1 saturated heterocycles. The van der Waals surface area contributed by atoms with Crippen molar-refractivity contribution in [2.45, 2.75) is 51.9 Å². The molecule has 1 amide bonds. The van der Waals surface area contributed by atoms with Gasteiger partial charge in [0, 0.05) is 6.54 Å². The van der Waals surface area contributed by atoms with Crippen LogP contribution in [0.5, 0.6) is 5.75 Å². The topological polar surface area (TPSA) is 93.9 Å². The van der Waals surface area contributed by atoms with Gasteiger partial charge >= 0.3 is 12.1 Å². The highest BCUT2D eigenvalue weighted by atomic mass is 16.6. The molecule has 0 bridgehead atoms. The SMILES string of the molecule is CCn1cc(OC2(CC(=O)O)CN(C(=O)OC(C)(C)C)C2)cn1. The number of nitrogens with zero attached hydrogens (tertiary/aromatic N) is 3. The molecule has 23 heavy (non-hydrogen) atoms. The van der Waals surface area contributed by atoms with Crippen molar-refractivity contribution in [2.75, 3.05) is 13.1 Å². The summed E-state index contributed by atoms with van der Waals surface area (Å²) in [5.41, 5.74) is -1.53. The van der Waals surface area contributed by atoms with E-state index >= 15 is 0 Å². The molecule has 0 saturated carbocycles. The van der Waals surface area contributed by atoms with Crippen LogP contribution in [0.1, 0.15) is 34.1 Å². The van der Waals surface area contributed by atoms with E-state index in [1.54, 1.807) is 37.8 Å². The summed E-state index contributed by atoms with van der Waals surface area (Å²) < 4.78 is 12.8. The van der Waals surface area contributed by atoms with Crippen molar-refractivity contribution in [3.63, 3.8) is 0 Å². The van der Waals surface area contributed by atoms with E-state index in [4.69, 9.17) is 14.6 Å². The Bertz CT molecular complexity index is 584. The van der Waals surface area contributed by atoms with E-state index in [2.05, 4.69) is 5.10 Å². The number of aliphatic carboxylic acids is 1. The number of likely N-dealkylation sites (tertiary alicyclic amines) is 1. The van der Waals surface area contributed by atoms with Crippen molar-refractivity contribution in [1.82, 2.24) is 14.7 Å². The summed E-state index contributed by atoms with van der Waals surface area (Å²) in [6.45, 7) is 8.33. The monoisotopic (exact) mass is 325 g/mol. The first-order valence-electron chi connectivity index (χ1n) is 7.54. The maximum Gasteiger partial charge on any atom is 0.410 e. The molecule has 1 aliphatic rings. The van der Waals surface area contributed by atoms with Crippen LogP contribution in [0, 0.1) is 0 Å². The third-order valence-corrected chi connectivity index (χ3v) is 3.35. The van der Waals surface area contributed by atoms with Gasteiger partial charge in [-0.25, -0.2) is 4.79 Å². The van der Waals surface area contributed by atoms with Gasteiger partial charge in [-0.3, -0.25) is 14.4 Å². The van der Waals surface area contributed by atoms with Gasteiger partial charge in [-0.05, 0) is 27.7 Å². The summed E-state index contributed by atoms with van der Waals surface area (Å²) in [5.74, 6) is -0.478. The third-order valence-electron chi connectivity index (χ3n) is 3.35. The van der Waals surface area contributed by atoms with Crippen molar-refractivity contribution >= 4 is 12.1 Å². The molecule has 0 aromatic carbocycles. The van der Waals surface area contributed by atoms with E-state index in [-0.39, 0.29) is 19.5 Å². The second kappa shape index (κ2) is 6.10. The van der Waals surface area contributed by atoms with Crippen LogP contribution in [0.4, 0.5) is 4.79 Å². The van der Waals surface area contributed by atoms with Crippen molar-refractivity contribution in [3.8, 4) is 5.75 Å². The number of aryl methyl sites for hydroxylation is 1. The van der Waals surface area contributed by atoms with Crippen LogP contribution in [0.3, 0.4) is 0 Å². The number of hydrogen-bond acceptors (Lipinski definition) is 5. The Morgan fingerprint density at radius 1 is 1.39 bits per heavy atom. The lowest BCUT2D eigenvalue weighted by atomic mass is 9.90. The normalized spacial score (nSPS) is 16.6. The van der Waals surface area contributed by atoms with E-state index in [0.717, 1.165) is 0 Å². The van der Waals surface area contributed by atoms with Gasteiger partial charge < -0.3 is 14.6 Å². The summed E-state index contributed by atoms with van der Waals surface area (Å²) >= 11 is 0. The molecule has 0 spiro atoms. The number of carbonyl (C=O) groups is 2. The zero-order valence-electron chi connectivity index (χ0n) is 13.9. The fraction of sp³-hybridized carbons (Fsp3) is 0.667. The van der Waals surface area contributed by atoms with Crippen LogP contribution in [0.2, 0.25) is 0 Å². The smallest absolute Gasteiger partial charge is 0.410 e. The lowest BCUT2D eigenvalue weighted by Gasteiger charge is -2.48. The molecule has 1 aromatic heterocycles. The lowest BCUT2D eigenvalue weighted by molar-refractivity contribution is -0.149. The molecule has 2 heterocycles. The summed E-state index contributed by atoms with van der Waals surface area (Å²) in [5, 5.41) is 13.2. The quantitative estimate of drug-likeness (QED) is 0.886. The predicted octanol–water partition coefficient (Wildman–Crippen LogP) is 1.75. The molecule has 1 N–H and O–H groups in total. The van der Waals surface area contributed by atoms with Crippen LogP contribution < -0.4 is 4.74 Å². The highest BCUT2D eigenvalue weighted by Gasteiger charge is 2.50. The van der Waals surface area contributed by atoms with Crippen LogP contribution in [0.15, 0.2) is 12.4 Å². The Morgan fingerprint density at radius 2 is 2.04 bits per heavy atom. The van der Waals surface area contributed by atoms with Gasteiger partial charge in [-0.2, -0.15) is 5.10 Å². The Morgan fingerprint density at radius 3 is 2.52 bits per heavy atom. The molecule has 0 aliphatic carbocycles. The van der Waals surface area contributed by atoms with Crippen LogP contribution in [0.25, 0.3) is 0 Å². The van der Waals surface area contributed by atoms with E-state index in [0.29, 0.717) is 12.3 Å². The van der Waals surface area contributed by atoms with E-state index in [1.165, 1.54) is 4.90 Å². The summed E-state index contributed by atoms with van der Waals surface area (Å²) in [7, 11) is 0. The molecule has 1 aliphatic heterocycles. The van der Waals surface area contributed by atoms with Gasteiger partial charge in [0.15, 0.2) is 11.4 Å². The van der Waals surface area contributed by atoms with Gasteiger partial charge in [-0.1, -0.05) is 0 Å². The zero-order chi connectivity index (χ0) is 17.3. The minimum atomic E-state index is -0.975. The van der Waals surface area contributed by atoms with E-state index < -0.39 is 23.3 Å². The third kappa shape index (κ3) is 4.37. The molecule has 8 nitrogen and oxygen atoms in total. The Balaban J connectivity index is 2.02. The molecule has 0 unspecified atom stereocenters. The first-order chi connectivity index (χ1) is 10.6. The van der Waals surface area contributed by atoms with Gasteiger partial charge in [0.1, 0.15) is 5.60 Å². The van der Waals surface area contributed by atoms with Gasteiger partial charge in [0.2, 0.25) is 0 Å². The number of amides is 1. The Hall–Kier alpha value is -2.25. The largest absolute Gasteiger partial charge is 0.481 e. The van der Waals surface area contributed by atoms with Gasteiger partial charge in [0.25, 0.3) is 0 Å². The first-order valence-corrected chi connectivity index (χ1v) is 7.54. The molecular weight excluding hydrogens is 302 g/mol. The number of carbonyl (C=O) groups excluding carboxylic acids is 1. The Labute approximate surface area is 135 Å². The highest BCUT2D eigenvalue weighted by Crippen LogP contribution is 2.32. The number of carboxylic acid groups (broad SMARTS) is 1. The standard InChI is InChI=1S/C15H23N3O5/c1-5-18-8-11(7-16-18)22-15(6-12(19)20)9-17(10-15)13(21)23-14(2,3)4/h7-8H,5-6,9-10H2,1-4H3,(H,19,20). The lowest BCUT2D eigenvalue weighted by Crippen LogP contribution is -2.67. The summed E-state index contributed by atoms with van der Waals surface area (Å²) in [6.07, 6.45) is 2.60. The zero-order valence-corrected chi connectivity index (χ0v) is 13.9. The van der Waals surface area contributed by atoms with Crippen molar-refractivity contribution < 1.29 is 24.2 Å². The van der Waals surface area contributed by atoms with Gasteiger partial charge in [-0.15, -0.1) is 0 Å². The number of aromatic nitrogens is 2. The van der Waals surface area contributed by atoms with E-state index in [9.17, 15) is 9.59 Å². The minimum Gasteiger partial charge on any atom is -0.481 e. The number of hydrogen-bond donors (Lipinski definition) is 1. The molecule has 0 radical (unpaired) electrons. The average molecular weight is 325 g/mol. The fourth-order valence-electron chi connectivity index (χ4n) is 2.41. The second-order valence-electron chi connectivity index (χ2n) is 6.72. The van der Waals surface area contributed by atoms with Crippen LogP contribution in [-0.2, 0) is 16.1 Å². The molecule has 0 atom stereocenters. The second-order valence-corrected chi connectivity index (χ2v) is 6.72. The Kier molecular flexibility index (Phi) is 4.53. The number of ether oxygens (including phenoxy) is 2. The molecule has 1 fully saturated rings. The number of carboxylic acids is 1. The van der Waals surface area contributed by atoms with Crippen molar-refractivity contribution in [1.29, 1.82) is 0 Å². The maximum absolute atomic E-state index is 12.0. The minimum absolute atomic E-state index is 0.172. The fourth-order valence-corrected chi connectivity index (χ4v) is 2.41. The van der Waals surface area contributed by atoms with Crippen LogP contribution >= 0.6 is 0 Å². The molecule has 128 valence electrons. The summed E-state index contributed by atoms with van der Waals surface area (Å²) in [4.78, 5) is 24.6.